The van der Waals surface area contributed by atoms with E-state index in [2.05, 4.69) is 0 Å². The summed E-state index contributed by atoms with van der Waals surface area (Å²) in [5.74, 6) is -0.801. The Hall–Kier alpha value is -0.780. The summed E-state index contributed by atoms with van der Waals surface area (Å²) in [6.07, 6.45) is -2.11. The molecule has 3 nitrogen and oxygen atoms in total. The van der Waals surface area contributed by atoms with Crippen molar-refractivity contribution in [3.63, 3.8) is 0 Å². The zero-order chi connectivity index (χ0) is 13.8. The Balaban J connectivity index is 2.61. The zero-order valence-electron chi connectivity index (χ0n) is 10.7. The van der Waals surface area contributed by atoms with Gasteiger partial charge in [0.1, 0.15) is 6.42 Å². The highest BCUT2D eigenvalue weighted by atomic mass is 19.4. The second-order valence-electron chi connectivity index (χ2n) is 4.95. The van der Waals surface area contributed by atoms with E-state index in [0.717, 1.165) is 12.8 Å². The summed E-state index contributed by atoms with van der Waals surface area (Å²) in [6.45, 7) is 2.26. The Morgan fingerprint density at radius 3 is 2.28 bits per heavy atom. The highest BCUT2D eigenvalue weighted by Gasteiger charge is 2.36. The molecule has 2 N–H and O–H groups in total. The number of nitrogens with two attached hydrogens (primary N) is 1. The summed E-state index contributed by atoms with van der Waals surface area (Å²) >= 11 is 0. The van der Waals surface area contributed by atoms with Crippen LogP contribution in [0.3, 0.4) is 0 Å². The van der Waals surface area contributed by atoms with Gasteiger partial charge in [0, 0.05) is 18.6 Å². The molecule has 0 aromatic carbocycles. The topological polar surface area (TPSA) is 46.3 Å². The van der Waals surface area contributed by atoms with Crippen LogP contribution in [-0.2, 0) is 4.79 Å². The lowest BCUT2D eigenvalue weighted by atomic mass is 9.90. The lowest BCUT2D eigenvalue weighted by molar-refractivity contribution is -0.163. The normalized spacial score (nSPS) is 24.9. The maximum Gasteiger partial charge on any atom is 0.397 e. The van der Waals surface area contributed by atoms with E-state index in [9.17, 15) is 18.0 Å². The molecule has 0 aromatic rings. The third-order valence-electron chi connectivity index (χ3n) is 3.32. The zero-order valence-corrected chi connectivity index (χ0v) is 10.7. The van der Waals surface area contributed by atoms with Crippen molar-refractivity contribution in [2.75, 3.05) is 6.54 Å². The van der Waals surface area contributed by atoms with E-state index in [1.165, 1.54) is 4.90 Å². The molecular formula is C12H21F3N2O. The fraction of sp³-hybridized carbons (Fsp3) is 0.917. The summed E-state index contributed by atoms with van der Waals surface area (Å²) in [6, 6.07) is 0.0574. The van der Waals surface area contributed by atoms with Gasteiger partial charge in [-0.2, -0.15) is 13.2 Å². The molecule has 1 rings (SSSR count). The fourth-order valence-electron chi connectivity index (χ4n) is 2.44. The molecule has 0 radical (unpaired) electrons. The first-order valence-corrected chi connectivity index (χ1v) is 6.45. The van der Waals surface area contributed by atoms with E-state index >= 15 is 0 Å². The van der Waals surface area contributed by atoms with Crippen molar-refractivity contribution in [3.8, 4) is 0 Å². The van der Waals surface area contributed by atoms with E-state index in [-0.39, 0.29) is 12.1 Å². The predicted octanol–water partition coefficient (Wildman–Crippen LogP) is 2.45. The molecule has 0 heterocycles. The molecule has 0 aromatic heterocycles. The van der Waals surface area contributed by atoms with Crippen LogP contribution in [0.4, 0.5) is 13.2 Å². The Kier molecular flexibility index (Phi) is 5.44. The van der Waals surface area contributed by atoms with Gasteiger partial charge in [0.05, 0.1) is 0 Å². The quantitative estimate of drug-likeness (QED) is 0.849. The van der Waals surface area contributed by atoms with Crippen LogP contribution in [-0.4, -0.2) is 35.6 Å². The van der Waals surface area contributed by atoms with Crippen LogP contribution >= 0.6 is 0 Å². The minimum absolute atomic E-state index is 0.0698. The maximum atomic E-state index is 12.3. The summed E-state index contributed by atoms with van der Waals surface area (Å²) in [5.41, 5.74) is 5.77. The van der Waals surface area contributed by atoms with Crippen molar-refractivity contribution in [2.45, 2.75) is 63.7 Å². The van der Waals surface area contributed by atoms with Gasteiger partial charge in [-0.05, 0) is 32.1 Å². The summed E-state index contributed by atoms with van der Waals surface area (Å²) < 4.78 is 36.8. The van der Waals surface area contributed by atoms with E-state index in [1.807, 2.05) is 6.92 Å². The number of hydrogen-bond acceptors (Lipinski definition) is 2. The lowest BCUT2D eigenvalue weighted by Gasteiger charge is -2.36. The second-order valence-corrected chi connectivity index (χ2v) is 4.95. The predicted molar refractivity (Wildman–Crippen MR) is 62.9 cm³/mol. The molecule has 0 atom stereocenters. The second kappa shape index (κ2) is 6.41. The van der Waals surface area contributed by atoms with Crippen LogP contribution in [0, 0.1) is 0 Å². The molecule has 6 heteroatoms. The molecule has 18 heavy (non-hydrogen) atoms. The third kappa shape index (κ3) is 4.84. The molecule has 0 bridgehead atoms. The standard InChI is InChI=1S/C12H21F3N2O/c1-2-7-17(11(18)8-12(13,14)15)10-5-3-9(16)4-6-10/h9-10H,2-8,16H2,1H3. The highest BCUT2D eigenvalue weighted by molar-refractivity contribution is 5.77. The Morgan fingerprint density at radius 1 is 1.28 bits per heavy atom. The van der Waals surface area contributed by atoms with Crippen molar-refractivity contribution in [1.82, 2.24) is 4.90 Å². The first kappa shape index (κ1) is 15.3. The van der Waals surface area contributed by atoms with Crippen LogP contribution in [0.5, 0.6) is 0 Å². The summed E-state index contributed by atoms with van der Waals surface area (Å²) in [7, 11) is 0. The molecule has 0 unspecified atom stereocenters. The molecule has 0 aliphatic heterocycles. The SMILES string of the molecule is CCCN(C(=O)CC(F)(F)F)C1CCC(N)CC1. The average molecular weight is 266 g/mol. The van der Waals surface area contributed by atoms with Gasteiger partial charge < -0.3 is 10.6 Å². The molecule has 106 valence electrons. The summed E-state index contributed by atoms with van der Waals surface area (Å²) in [4.78, 5) is 13.1. The van der Waals surface area contributed by atoms with Gasteiger partial charge in [-0.1, -0.05) is 6.92 Å². The first-order valence-electron chi connectivity index (χ1n) is 6.45. The number of alkyl halides is 3. The minimum atomic E-state index is -4.42. The molecule has 0 saturated heterocycles. The van der Waals surface area contributed by atoms with Crippen LogP contribution in [0.1, 0.15) is 45.4 Å². The number of halogens is 3. The van der Waals surface area contributed by atoms with Gasteiger partial charge in [0.25, 0.3) is 0 Å². The fourth-order valence-corrected chi connectivity index (χ4v) is 2.44. The largest absolute Gasteiger partial charge is 0.397 e. The molecule has 1 amide bonds. The van der Waals surface area contributed by atoms with Crippen molar-refractivity contribution in [2.24, 2.45) is 5.73 Å². The summed E-state index contributed by atoms with van der Waals surface area (Å²) in [5, 5.41) is 0. The highest BCUT2D eigenvalue weighted by Crippen LogP contribution is 2.26. The van der Waals surface area contributed by atoms with E-state index in [4.69, 9.17) is 5.73 Å². The van der Waals surface area contributed by atoms with Crippen LogP contribution in [0.25, 0.3) is 0 Å². The Labute approximate surface area is 106 Å². The smallest absolute Gasteiger partial charge is 0.339 e. The first-order chi connectivity index (χ1) is 8.33. The number of carbonyl (C=O) groups is 1. The van der Waals surface area contributed by atoms with Gasteiger partial charge in [-0.25, -0.2) is 0 Å². The molecular weight excluding hydrogens is 245 g/mol. The van der Waals surface area contributed by atoms with Crippen LogP contribution in [0.2, 0.25) is 0 Å². The molecule has 1 aliphatic rings. The van der Waals surface area contributed by atoms with Crippen LogP contribution < -0.4 is 5.73 Å². The molecule has 0 spiro atoms. The Morgan fingerprint density at radius 2 is 1.83 bits per heavy atom. The van der Waals surface area contributed by atoms with Crippen LogP contribution in [0.15, 0.2) is 0 Å². The molecule has 1 fully saturated rings. The van der Waals surface area contributed by atoms with E-state index in [0.29, 0.717) is 25.8 Å². The number of carbonyl (C=O) groups excluding carboxylic acids is 1. The van der Waals surface area contributed by atoms with Gasteiger partial charge in [-0.3, -0.25) is 4.79 Å². The van der Waals surface area contributed by atoms with Gasteiger partial charge >= 0.3 is 6.18 Å². The number of amides is 1. The van der Waals surface area contributed by atoms with Crippen molar-refractivity contribution in [1.29, 1.82) is 0 Å². The molecule has 1 saturated carbocycles. The third-order valence-corrected chi connectivity index (χ3v) is 3.32. The maximum absolute atomic E-state index is 12.3. The monoisotopic (exact) mass is 266 g/mol. The number of rotatable bonds is 4. The van der Waals surface area contributed by atoms with Gasteiger partial charge in [0.2, 0.25) is 5.91 Å². The average Bonchev–Trinajstić information content (AvgIpc) is 2.25. The lowest BCUT2D eigenvalue weighted by Crippen LogP contribution is -2.45. The Bertz CT molecular complexity index is 273. The number of nitrogens with zero attached hydrogens (tertiary/aromatic N) is 1. The van der Waals surface area contributed by atoms with Crippen molar-refractivity contribution < 1.29 is 18.0 Å². The number of hydrogen-bond donors (Lipinski definition) is 1. The van der Waals surface area contributed by atoms with Crippen molar-refractivity contribution >= 4 is 5.91 Å². The van der Waals surface area contributed by atoms with E-state index in [1.54, 1.807) is 0 Å². The van der Waals surface area contributed by atoms with Crippen molar-refractivity contribution in [3.05, 3.63) is 0 Å². The van der Waals surface area contributed by atoms with E-state index < -0.39 is 18.5 Å². The molecule has 1 aliphatic carbocycles. The van der Waals surface area contributed by atoms with Gasteiger partial charge in [0.15, 0.2) is 0 Å². The minimum Gasteiger partial charge on any atom is -0.339 e. The van der Waals surface area contributed by atoms with Gasteiger partial charge in [-0.15, -0.1) is 0 Å².